The molecule has 3 aromatic heterocycles. The third-order valence-corrected chi connectivity index (χ3v) is 6.02. The van der Waals surface area contributed by atoms with E-state index in [0.29, 0.717) is 11.1 Å². The predicted octanol–water partition coefficient (Wildman–Crippen LogP) is 3.23. The van der Waals surface area contributed by atoms with E-state index in [4.69, 9.17) is 0 Å². The topological polar surface area (TPSA) is 86.9 Å². The molecule has 1 aliphatic heterocycles. The van der Waals surface area contributed by atoms with Crippen molar-refractivity contribution in [3.8, 4) is 5.69 Å². The highest BCUT2D eigenvalue weighted by atomic mass is 16.4. The molecule has 1 aliphatic rings. The molecule has 4 aromatic rings. The fraction of sp³-hybridized carbons (Fsp3) is 0.200. The molecule has 0 amide bonds. The van der Waals surface area contributed by atoms with E-state index >= 15 is 0 Å². The normalized spacial score (nSPS) is 15.2. The zero-order chi connectivity index (χ0) is 22.8. The van der Waals surface area contributed by atoms with Gasteiger partial charge in [0, 0.05) is 67.0 Å². The number of oxime groups is 1. The Bertz CT molecular complexity index is 1300. The van der Waals surface area contributed by atoms with Crippen LogP contribution in [-0.2, 0) is 0 Å². The Balaban J connectivity index is 1.34. The van der Waals surface area contributed by atoms with Gasteiger partial charge in [0.1, 0.15) is 11.5 Å². The summed E-state index contributed by atoms with van der Waals surface area (Å²) in [6.07, 6.45) is 5.29. The van der Waals surface area contributed by atoms with E-state index in [2.05, 4.69) is 32.0 Å². The second kappa shape index (κ2) is 8.84. The smallest absolute Gasteiger partial charge is 0.215 e. The molecule has 8 heteroatoms. The second-order valence-electron chi connectivity index (χ2n) is 8.12. The van der Waals surface area contributed by atoms with Crippen molar-refractivity contribution < 1.29 is 10.0 Å². The standard InChI is InChI=1S/C25H24N6O2/c1-29-13-15-30(16-14-29)22-9-6-20(17-27-22)23(28-33)24(32)18-4-7-21(8-5-18)31-12-10-19-3-2-11-26-25(19)31/h2-12,17,33H,13-16H2,1H3. The summed E-state index contributed by atoms with van der Waals surface area (Å²) in [5, 5.41) is 13.9. The van der Waals surface area contributed by atoms with Gasteiger partial charge in [0.2, 0.25) is 5.78 Å². The Hall–Kier alpha value is -4.04. The van der Waals surface area contributed by atoms with E-state index in [1.165, 1.54) is 0 Å². The summed E-state index contributed by atoms with van der Waals surface area (Å²) in [5.74, 6) is 0.488. The second-order valence-corrected chi connectivity index (χ2v) is 8.12. The van der Waals surface area contributed by atoms with Gasteiger partial charge < -0.3 is 19.6 Å². The monoisotopic (exact) mass is 440 g/mol. The van der Waals surface area contributed by atoms with Crippen molar-refractivity contribution in [2.75, 3.05) is 38.1 Å². The van der Waals surface area contributed by atoms with Crippen LogP contribution in [-0.4, -0.2) is 69.4 Å². The van der Waals surface area contributed by atoms with E-state index in [9.17, 15) is 10.0 Å². The Kier molecular flexibility index (Phi) is 5.58. The highest BCUT2D eigenvalue weighted by molar-refractivity contribution is 6.51. The van der Waals surface area contributed by atoms with Gasteiger partial charge in [0.25, 0.3) is 0 Å². The number of Topliss-reactive ketones (excluding diaryl/α,β-unsaturated/α-hetero) is 1. The predicted molar refractivity (Wildman–Crippen MR) is 128 cm³/mol. The molecule has 0 aliphatic carbocycles. The van der Waals surface area contributed by atoms with Crippen LogP contribution in [0.3, 0.4) is 0 Å². The lowest BCUT2D eigenvalue weighted by Gasteiger charge is -2.33. The molecule has 0 saturated carbocycles. The minimum Gasteiger partial charge on any atom is -0.410 e. The van der Waals surface area contributed by atoms with Gasteiger partial charge in [-0.25, -0.2) is 9.97 Å². The lowest BCUT2D eigenvalue weighted by atomic mass is 10.0. The molecular formula is C25H24N6O2. The van der Waals surface area contributed by atoms with Crippen LogP contribution in [0.1, 0.15) is 15.9 Å². The molecule has 0 unspecified atom stereocenters. The molecule has 4 heterocycles. The van der Waals surface area contributed by atoms with Gasteiger partial charge >= 0.3 is 0 Å². The molecule has 1 aromatic carbocycles. The fourth-order valence-electron chi connectivity index (χ4n) is 4.07. The van der Waals surface area contributed by atoms with Crippen molar-refractivity contribution in [1.82, 2.24) is 19.4 Å². The Morgan fingerprint density at radius 1 is 0.939 bits per heavy atom. The molecule has 1 N–H and O–H groups in total. The zero-order valence-corrected chi connectivity index (χ0v) is 18.3. The molecule has 166 valence electrons. The first-order chi connectivity index (χ1) is 16.1. The van der Waals surface area contributed by atoms with Crippen molar-refractivity contribution in [1.29, 1.82) is 0 Å². The van der Waals surface area contributed by atoms with Crippen LogP contribution in [0.2, 0.25) is 0 Å². The SMILES string of the molecule is CN1CCN(c2ccc(C(=NO)C(=O)c3ccc(-n4ccc5cccnc54)cc3)cn2)CC1. The molecule has 1 fully saturated rings. The van der Waals surface area contributed by atoms with Gasteiger partial charge in [-0.3, -0.25) is 4.79 Å². The number of anilines is 1. The number of piperazine rings is 1. The Labute approximate surface area is 191 Å². The van der Waals surface area contributed by atoms with Crippen LogP contribution in [0.4, 0.5) is 5.82 Å². The van der Waals surface area contributed by atoms with Crippen molar-refractivity contribution in [3.05, 3.63) is 84.3 Å². The number of fused-ring (bicyclic) bond motifs is 1. The van der Waals surface area contributed by atoms with Crippen molar-refractivity contribution in [3.63, 3.8) is 0 Å². The number of pyridine rings is 2. The number of nitrogens with zero attached hydrogens (tertiary/aromatic N) is 6. The lowest BCUT2D eigenvalue weighted by molar-refractivity contribution is 0.106. The number of hydrogen-bond donors (Lipinski definition) is 1. The maximum absolute atomic E-state index is 13.1. The first kappa shape index (κ1) is 20.8. The number of rotatable bonds is 5. The largest absolute Gasteiger partial charge is 0.410 e. The quantitative estimate of drug-likeness (QED) is 0.222. The van der Waals surface area contributed by atoms with Crippen LogP contribution in [0.15, 0.2) is 78.3 Å². The van der Waals surface area contributed by atoms with Gasteiger partial charge in [-0.2, -0.15) is 0 Å². The van der Waals surface area contributed by atoms with E-state index < -0.39 is 0 Å². The summed E-state index contributed by atoms with van der Waals surface area (Å²) in [6, 6.07) is 16.7. The van der Waals surface area contributed by atoms with Crippen molar-refractivity contribution >= 4 is 28.3 Å². The molecule has 0 atom stereocenters. The number of carbonyl (C=O) groups is 1. The summed E-state index contributed by atoms with van der Waals surface area (Å²) >= 11 is 0. The van der Waals surface area contributed by atoms with E-state index in [0.717, 1.165) is 48.7 Å². The van der Waals surface area contributed by atoms with Crippen molar-refractivity contribution in [2.45, 2.75) is 0 Å². The molecule has 5 rings (SSSR count). The van der Waals surface area contributed by atoms with Crippen LogP contribution in [0.5, 0.6) is 0 Å². The van der Waals surface area contributed by atoms with E-state index in [1.54, 1.807) is 30.6 Å². The van der Waals surface area contributed by atoms with Crippen LogP contribution < -0.4 is 4.90 Å². The number of carbonyl (C=O) groups excluding carboxylic acids is 1. The van der Waals surface area contributed by atoms with Crippen molar-refractivity contribution in [2.24, 2.45) is 5.16 Å². The van der Waals surface area contributed by atoms with Gasteiger partial charge in [0.05, 0.1) is 0 Å². The van der Waals surface area contributed by atoms with Gasteiger partial charge in [-0.05, 0) is 61.6 Å². The summed E-state index contributed by atoms with van der Waals surface area (Å²) < 4.78 is 1.96. The first-order valence-corrected chi connectivity index (χ1v) is 10.8. The number of ketones is 1. The zero-order valence-electron chi connectivity index (χ0n) is 18.3. The average molecular weight is 441 g/mol. The number of hydrogen-bond acceptors (Lipinski definition) is 7. The summed E-state index contributed by atoms with van der Waals surface area (Å²) in [5.41, 5.74) is 2.61. The van der Waals surface area contributed by atoms with Crippen LogP contribution in [0, 0.1) is 0 Å². The molecular weight excluding hydrogens is 416 g/mol. The summed E-state index contributed by atoms with van der Waals surface area (Å²) in [6.45, 7) is 3.77. The minimum absolute atomic E-state index is 0.0340. The molecule has 33 heavy (non-hydrogen) atoms. The van der Waals surface area contributed by atoms with Gasteiger partial charge in [-0.1, -0.05) is 5.16 Å². The lowest BCUT2D eigenvalue weighted by Crippen LogP contribution is -2.44. The summed E-state index contributed by atoms with van der Waals surface area (Å²) in [7, 11) is 2.10. The number of benzene rings is 1. The number of aromatic nitrogens is 3. The van der Waals surface area contributed by atoms with Crippen LogP contribution >= 0.6 is 0 Å². The molecule has 0 bridgehead atoms. The Morgan fingerprint density at radius 2 is 1.70 bits per heavy atom. The molecule has 1 saturated heterocycles. The highest BCUT2D eigenvalue weighted by Crippen LogP contribution is 2.20. The Morgan fingerprint density at radius 3 is 2.39 bits per heavy atom. The van der Waals surface area contributed by atoms with Gasteiger partial charge in [0.15, 0.2) is 5.71 Å². The van der Waals surface area contributed by atoms with Crippen LogP contribution in [0.25, 0.3) is 16.7 Å². The van der Waals surface area contributed by atoms with E-state index in [-0.39, 0.29) is 11.5 Å². The average Bonchev–Trinajstić information content (AvgIpc) is 3.30. The minimum atomic E-state index is -0.367. The molecule has 0 spiro atoms. The molecule has 8 nitrogen and oxygen atoms in total. The molecule has 0 radical (unpaired) electrons. The third kappa shape index (κ3) is 4.08. The summed E-state index contributed by atoms with van der Waals surface area (Å²) in [4.78, 5) is 26.5. The van der Waals surface area contributed by atoms with E-state index in [1.807, 2.05) is 47.2 Å². The number of likely N-dealkylation sites (N-methyl/N-ethyl adjacent to an activating group) is 1. The highest BCUT2D eigenvalue weighted by Gasteiger charge is 2.20. The maximum atomic E-state index is 13.1. The van der Waals surface area contributed by atoms with Gasteiger partial charge in [-0.15, -0.1) is 0 Å². The third-order valence-electron chi connectivity index (χ3n) is 6.02. The fourth-order valence-corrected chi connectivity index (χ4v) is 4.07. The first-order valence-electron chi connectivity index (χ1n) is 10.8. The maximum Gasteiger partial charge on any atom is 0.215 e.